The third kappa shape index (κ3) is 4.18. The van der Waals surface area contributed by atoms with Crippen LogP contribution in [0, 0.1) is 5.92 Å². The predicted octanol–water partition coefficient (Wildman–Crippen LogP) is 0.866. The van der Waals surface area contributed by atoms with E-state index in [2.05, 4.69) is 10.4 Å². The number of anilines is 1. The van der Waals surface area contributed by atoms with Crippen molar-refractivity contribution in [2.24, 2.45) is 11.8 Å². The van der Waals surface area contributed by atoms with Gasteiger partial charge >= 0.3 is 0 Å². The molecule has 1 aromatic rings. The van der Waals surface area contributed by atoms with Crippen LogP contribution in [0.2, 0.25) is 0 Å². The number of amides is 1. The van der Waals surface area contributed by atoms with Crippen molar-refractivity contribution in [3.63, 3.8) is 0 Å². The summed E-state index contributed by atoms with van der Waals surface area (Å²) >= 11 is 0. The van der Waals surface area contributed by atoms with E-state index in [0.717, 1.165) is 12.5 Å². The van der Waals surface area contributed by atoms with Gasteiger partial charge in [-0.15, -0.1) is 0 Å². The number of nitrogen functional groups attached to an aromatic ring is 1. The van der Waals surface area contributed by atoms with Gasteiger partial charge in [0.15, 0.2) is 0 Å². The first-order valence-electron chi connectivity index (χ1n) is 6.46. The Kier molecular flexibility index (Phi) is 4.70. The summed E-state index contributed by atoms with van der Waals surface area (Å²) in [6.07, 6.45) is 4.11. The molecule has 0 unspecified atom stereocenters. The fourth-order valence-electron chi connectivity index (χ4n) is 1.67. The van der Waals surface area contributed by atoms with Crippen LogP contribution in [0.25, 0.3) is 0 Å². The number of rotatable bonds is 7. The minimum Gasteiger partial charge on any atom is -0.379 e. The maximum atomic E-state index is 12.1. The zero-order valence-electron chi connectivity index (χ0n) is 11.1. The molecule has 6 nitrogen and oxygen atoms in total. The Morgan fingerprint density at radius 1 is 1.63 bits per heavy atom. The van der Waals surface area contributed by atoms with Gasteiger partial charge in [0, 0.05) is 26.4 Å². The van der Waals surface area contributed by atoms with Gasteiger partial charge in [-0.2, -0.15) is 0 Å². The molecule has 6 heteroatoms. The van der Waals surface area contributed by atoms with Gasteiger partial charge in [-0.1, -0.05) is 0 Å². The molecule has 0 radical (unpaired) electrons. The van der Waals surface area contributed by atoms with Gasteiger partial charge in [-0.25, -0.2) is 0 Å². The Morgan fingerprint density at radius 3 is 3.11 bits per heavy atom. The van der Waals surface area contributed by atoms with Gasteiger partial charge in [0.05, 0.1) is 12.3 Å². The first kappa shape index (κ1) is 13.8. The van der Waals surface area contributed by atoms with Crippen LogP contribution in [0.5, 0.6) is 0 Å². The number of hydrogen-bond acceptors (Lipinski definition) is 5. The van der Waals surface area contributed by atoms with Crippen molar-refractivity contribution in [2.75, 3.05) is 32.2 Å². The Bertz CT molecular complexity index is 434. The monoisotopic (exact) mass is 264 g/mol. The standard InChI is InChI=1S/C13H20N4O2/c1-17(6-7-19-9-10-2-3-10)13(18)12-8-11(16-14)4-5-15-12/h4-5,8,10H,2-3,6-7,9,14H2,1H3,(H,15,16). The maximum Gasteiger partial charge on any atom is 0.272 e. The summed E-state index contributed by atoms with van der Waals surface area (Å²) in [6, 6.07) is 3.33. The third-order valence-corrected chi connectivity index (χ3v) is 3.11. The lowest BCUT2D eigenvalue weighted by Crippen LogP contribution is -2.31. The quantitative estimate of drug-likeness (QED) is 0.434. The zero-order valence-corrected chi connectivity index (χ0v) is 11.1. The molecule has 1 fully saturated rings. The molecule has 0 atom stereocenters. The van der Waals surface area contributed by atoms with E-state index in [1.165, 1.54) is 12.8 Å². The fourth-order valence-corrected chi connectivity index (χ4v) is 1.67. The van der Waals surface area contributed by atoms with Crippen LogP contribution in [-0.4, -0.2) is 42.6 Å². The van der Waals surface area contributed by atoms with Crippen LogP contribution in [0.15, 0.2) is 18.3 Å². The molecule has 104 valence electrons. The van der Waals surface area contributed by atoms with Crippen molar-refractivity contribution < 1.29 is 9.53 Å². The Labute approximate surface area is 112 Å². The molecule has 1 amide bonds. The van der Waals surface area contributed by atoms with Crippen molar-refractivity contribution >= 4 is 11.6 Å². The molecule has 1 aliphatic carbocycles. The van der Waals surface area contributed by atoms with E-state index in [9.17, 15) is 4.79 Å². The van der Waals surface area contributed by atoms with Crippen molar-refractivity contribution in [1.29, 1.82) is 0 Å². The van der Waals surface area contributed by atoms with E-state index in [1.54, 1.807) is 30.3 Å². The Balaban J connectivity index is 1.79. The van der Waals surface area contributed by atoms with Crippen LogP contribution < -0.4 is 11.3 Å². The average molecular weight is 264 g/mol. The second-order valence-electron chi connectivity index (χ2n) is 4.82. The highest BCUT2D eigenvalue weighted by Crippen LogP contribution is 2.28. The van der Waals surface area contributed by atoms with Crippen LogP contribution >= 0.6 is 0 Å². The number of nitrogens with two attached hydrogens (primary N) is 1. The lowest BCUT2D eigenvalue weighted by molar-refractivity contribution is 0.0676. The number of aromatic nitrogens is 1. The molecular weight excluding hydrogens is 244 g/mol. The summed E-state index contributed by atoms with van der Waals surface area (Å²) in [5.41, 5.74) is 3.54. The van der Waals surface area contributed by atoms with E-state index in [4.69, 9.17) is 10.6 Å². The van der Waals surface area contributed by atoms with Crippen LogP contribution in [0.3, 0.4) is 0 Å². The Morgan fingerprint density at radius 2 is 2.42 bits per heavy atom. The molecule has 0 spiro atoms. The third-order valence-electron chi connectivity index (χ3n) is 3.11. The molecule has 1 aliphatic rings. The zero-order chi connectivity index (χ0) is 13.7. The summed E-state index contributed by atoms with van der Waals surface area (Å²) in [6.45, 7) is 1.94. The number of carbonyl (C=O) groups excluding carboxylic acids is 1. The number of nitrogens with one attached hydrogen (secondary N) is 1. The fraction of sp³-hybridized carbons (Fsp3) is 0.538. The summed E-state index contributed by atoms with van der Waals surface area (Å²) < 4.78 is 5.51. The molecule has 2 rings (SSSR count). The number of carbonyl (C=O) groups is 1. The van der Waals surface area contributed by atoms with Gasteiger partial charge < -0.3 is 15.1 Å². The van der Waals surface area contributed by atoms with Gasteiger partial charge in [0.25, 0.3) is 5.91 Å². The van der Waals surface area contributed by atoms with E-state index in [1.807, 2.05) is 0 Å². The average Bonchev–Trinajstić information content (AvgIpc) is 3.26. The largest absolute Gasteiger partial charge is 0.379 e. The van der Waals surface area contributed by atoms with Crippen molar-refractivity contribution in [3.8, 4) is 0 Å². The number of ether oxygens (including phenoxy) is 1. The number of pyridine rings is 1. The molecular formula is C13H20N4O2. The van der Waals surface area contributed by atoms with Crippen molar-refractivity contribution in [1.82, 2.24) is 9.88 Å². The molecule has 1 heterocycles. The number of hydrogen-bond donors (Lipinski definition) is 2. The normalized spacial score (nSPS) is 14.2. The summed E-state index contributed by atoms with van der Waals surface area (Å²) in [4.78, 5) is 17.7. The number of hydrazine groups is 1. The smallest absolute Gasteiger partial charge is 0.272 e. The highest BCUT2D eigenvalue weighted by atomic mass is 16.5. The molecule has 0 aliphatic heterocycles. The molecule has 19 heavy (non-hydrogen) atoms. The minimum atomic E-state index is -0.132. The second-order valence-corrected chi connectivity index (χ2v) is 4.82. The van der Waals surface area contributed by atoms with E-state index in [-0.39, 0.29) is 5.91 Å². The highest BCUT2D eigenvalue weighted by molar-refractivity contribution is 5.92. The van der Waals surface area contributed by atoms with Crippen molar-refractivity contribution in [2.45, 2.75) is 12.8 Å². The lowest BCUT2D eigenvalue weighted by Gasteiger charge is -2.17. The first-order chi connectivity index (χ1) is 9.20. The van der Waals surface area contributed by atoms with E-state index < -0.39 is 0 Å². The summed E-state index contributed by atoms with van der Waals surface area (Å²) in [7, 11) is 1.74. The topological polar surface area (TPSA) is 80.5 Å². The van der Waals surface area contributed by atoms with E-state index in [0.29, 0.717) is 24.5 Å². The number of likely N-dealkylation sites (N-methyl/N-ethyl adjacent to an activating group) is 1. The minimum absolute atomic E-state index is 0.132. The lowest BCUT2D eigenvalue weighted by atomic mass is 10.3. The van der Waals surface area contributed by atoms with E-state index >= 15 is 0 Å². The highest BCUT2D eigenvalue weighted by Gasteiger charge is 2.21. The first-order valence-corrected chi connectivity index (χ1v) is 6.46. The van der Waals surface area contributed by atoms with Crippen molar-refractivity contribution in [3.05, 3.63) is 24.0 Å². The van der Waals surface area contributed by atoms with Crippen LogP contribution in [0.1, 0.15) is 23.3 Å². The molecule has 1 aromatic heterocycles. The molecule has 0 aromatic carbocycles. The molecule has 0 bridgehead atoms. The molecule has 3 N–H and O–H groups in total. The Hall–Kier alpha value is -1.66. The van der Waals surface area contributed by atoms with Gasteiger partial charge in [-0.3, -0.25) is 15.6 Å². The summed E-state index contributed by atoms with van der Waals surface area (Å²) in [5, 5.41) is 0. The van der Waals surface area contributed by atoms with Gasteiger partial charge in [-0.05, 0) is 30.9 Å². The van der Waals surface area contributed by atoms with Crippen LogP contribution in [-0.2, 0) is 4.74 Å². The maximum absolute atomic E-state index is 12.1. The predicted molar refractivity (Wildman–Crippen MR) is 72.6 cm³/mol. The second kappa shape index (κ2) is 6.49. The SMILES string of the molecule is CN(CCOCC1CC1)C(=O)c1cc(NN)ccn1. The number of nitrogens with zero attached hydrogens (tertiary/aromatic N) is 2. The van der Waals surface area contributed by atoms with Gasteiger partial charge in [0.1, 0.15) is 5.69 Å². The molecule has 0 saturated heterocycles. The van der Waals surface area contributed by atoms with Crippen LogP contribution in [0.4, 0.5) is 5.69 Å². The van der Waals surface area contributed by atoms with Gasteiger partial charge in [0.2, 0.25) is 0 Å². The molecule has 1 saturated carbocycles. The summed E-state index contributed by atoms with van der Waals surface area (Å²) in [5.74, 6) is 5.92.